The van der Waals surface area contributed by atoms with Crippen LogP contribution in [0.15, 0.2) is 30.3 Å². The molecule has 2 rings (SSSR count). The van der Waals surface area contributed by atoms with Gasteiger partial charge in [-0.1, -0.05) is 44.2 Å². The van der Waals surface area contributed by atoms with Crippen LogP contribution in [-0.2, 0) is 0 Å². The Kier molecular flexibility index (Phi) is 4.72. The number of benzene rings is 1. The minimum absolute atomic E-state index is 0.107. The zero-order valence-corrected chi connectivity index (χ0v) is 11.7. The predicted molar refractivity (Wildman–Crippen MR) is 76.2 cm³/mol. The smallest absolute Gasteiger partial charge is 0.179 e. The Balaban J connectivity index is 2.18. The van der Waals surface area contributed by atoms with Gasteiger partial charge < -0.3 is 5.11 Å². The number of carbonyl (C=O) groups excluding carboxylic acids is 1. The van der Waals surface area contributed by atoms with Crippen molar-refractivity contribution in [1.29, 1.82) is 0 Å². The first-order valence-electron chi connectivity index (χ1n) is 7.14. The first-order chi connectivity index (χ1) is 9.19. The summed E-state index contributed by atoms with van der Waals surface area (Å²) in [5.41, 5.74) is 0.769. The van der Waals surface area contributed by atoms with Gasteiger partial charge in [-0.25, -0.2) is 0 Å². The van der Waals surface area contributed by atoms with Gasteiger partial charge in [0.05, 0.1) is 12.6 Å². The molecule has 1 N–H and O–H groups in total. The lowest BCUT2D eigenvalue weighted by Crippen LogP contribution is -2.46. The van der Waals surface area contributed by atoms with Crippen LogP contribution in [0.1, 0.15) is 37.0 Å². The first-order valence-corrected chi connectivity index (χ1v) is 7.14. The molecule has 3 nitrogen and oxygen atoms in total. The summed E-state index contributed by atoms with van der Waals surface area (Å²) in [6.07, 6.45) is 1.85. The van der Waals surface area contributed by atoms with Crippen molar-refractivity contribution in [2.45, 2.75) is 38.8 Å². The third-order valence-electron chi connectivity index (χ3n) is 4.26. The SMILES string of the molecule is CCC(C(=O)c1ccccc1)N1CCC(C)C1CO. The second kappa shape index (κ2) is 6.31. The number of hydrogen-bond donors (Lipinski definition) is 1. The van der Waals surface area contributed by atoms with Crippen molar-refractivity contribution in [3.8, 4) is 0 Å². The standard InChI is InChI=1S/C16H23NO2/c1-3-14(16(19)13-7-5-4-6-8-13)17-10-9-12(2)15(17)11-18/h4-8,12,14-15,18H,3,9-11H2,1-2H3. The summed E-state index contributed by atoms with van der Waals surface area (Å²) in [6.45, 7) is 5.24. The fourth-order valence-corrected chi connectivity index (χ4v) is 3.07. The average Bonchev–Trinajstić information content (AvgIpc) is 2.81. The van der Waals surface area contributed by atoms with Gasteiger partial charge in [0.15, 0.2) is 5.78 Å². The van der Waals surface area contributed by atoms with Gasteiger partial charge in [-0.2, -0.15) is 0 Å². The monoisotopic (exact) mass is 261 g/mol. The molecule has 19 heavy (non-hydrogen) atoms. The molecule has 104 valence electrons. The first kappa shape index (κ1) is 14.2. The molecular weight excluding hydrogens is 238 g/mol. The zero-order chi connectivity index (χ0) is 13.8. The number of Topliss-reactive ketones (excluding diaryl/α,β-unsaturated/α-hetero) is 1. The van der Waals surface area contributed by atoms with Crippen molar-refractivity contribution in [1.82, 2.24) is 4.90 Å². The second-order valence-electron chi connectivity index (χ2n) is 5.41. The molecule has 1 aliphatic heterocycles. The summed E-state index contributed by atoms with van der Waals surface area (Å²) in [5, 5.41) is 9.55. The summed E-state index contributed by atoms with van der Waals surface area (Å²) in [6, 6.07) is 9.48. The van der Waals surface area contributed by atoms with Crippen LogP contribution in [0.25, 0.3) is 0 Å². The van der Waals surface area contributed by atoms with Gasteiger partial charge in [0.1, 0.15) is 0 Å². The molecule has 3 heteroatoms. The fraction of sp³-hybridized carbons (Fsp3) is 0.562. The molecule has 3 atom stereocenters. The normalized spacial score (nSPS) is 25.4. The van der Waals surface area contributed by atoms with Gasteiger partial charge in [0.2, 0.25) is 0 Å². The highest BCUT2D eigenvalue weighted by Crippen LogP contribution is 2.28. The van der Waals surface area contributed by atoms with Crippen molar-refractivity contribution in [2.75, 3.05) is 13.2 Å². The molecule has 1 fully saturated rings. The third-order valence-corrected chi connectivity index (χ3v) is 4.26. The van der Waals surface area contributed by atoms with Crippen LogP contribution < -0.4 is 0 Å². The summed E-state index contributed by atoms with van der Waals surface area (Å²) in [4.78, 5) is 14.8. The van der Waals surface area contributed by atoms with Crippen LogP contribution in [0.5, 0.6) is 0 Å². The highest BCUT2D eigenvalue weighted by molar-refractivity contribution is 6.00. The van der Waals surface area contributed by atoms with Crippen molar-refractivity contribution in [3.05, 3.63) is 35.9 Å². The van der Waals surface area contributed by atoms with Gasteiger partial charge in [0, 0.05) is 11.6 Å². The molecule has 1 heterocycles. The fourth-order valence-electron chi connectivity index (χ4n) is 3.07. The Morgan fingerprint density at radius 1 is 1.42 bits per heavy atom. The molecule has 1 saturated heterocycles. The molecule has 0 radical (unpaired) electrons. The van der Waals surface area contributed by atoms with Gasteiger partial charge in [-0.3, -0.25) is 9.69 Å². The van der Waals surface area contributed by atoms with Crippen LogP contribution >= 0.6 is 0 Å². The molecule has 3 unspecified atom stereocenters. The van der Waals surface area contributed by atoms with Crippen molar-refractivity contribution >= 4 is 5.78 Å². The van der Waals surface area contributed by atoms with E-state index in [4.69, 9.17) is 0 Å². The summed E-state index contributed by atoms with van der Waals surface area (Å²) >= 11 is 0. The number of ketones is 1. The van der Waals surface area contributed by atoms with E-state index in [1.165, 1.54) is 0 Å². The molecule has 0 aromatic heterocycles. The number of aliphatic hydroxyl groups is 1. The number of nitrogens with zero attached hydrogens (tertiary/aromatic N) is 1. The van der Waals surface area contributed by atoms with Gasteiger partial charge >= 0.3 is 0 Å². The molecule has 1 aromatic carbocycles. The predicted octanol–water partition coefficient (Wildman–Crippen LogP) is 2.35. The maximum absolute atomic E-state index is 12.6. The van der Waals surface area contributed by atoms with Crippen LogP contribution in [0.4, 0.5) is 0 Å². The van der Waals surface area contributed by atoms with Crippen LogP contribution in [0.3, 0.4) is 0 Å². The Labute approximate surface area is 115 Å². The van der Waals surface area contributed by atoms with E-state index in [0.717, 1.165) is 24.9 Å². The molecule has 0 bridgehead atoms. The van der Waals surface area contributed by atoms with Crippen LogP contribution in [0, 0.1) is 5.92 Å². The molecule has 0 saturated carbocycles. The maximum Gasteiger partial charge on any atom is 0.179 e. The van der Waals surface area contributed by atoms with Gasteiger partial charge in [0.25, 0.3) is 0 Å². The van der Waals surface area contributed by atoms with Crippen molar-refractivity contribution < 1.29 is 9.90 Å². The topological polar surface area (TPSA) is 40.5 Å². The molecule has 1 aromatic rings. The highest BCUT2D eigenvalue weighted by Gasteiger charge is 2.37. The Morgan fingerprint density at radius 2 is 2.11 bits per heavy atom. The molecule has 1 aliphatic rings. The molecule has 0 spiro atoms. The van der Waals surface area contributed by atoms with Gasteiger partial charge in [-0.15, -0.1) is 0 Å². The van der Waals surface area contributed by atoms with E-state index in [-0.39, 0.29) is 24.5 Å². The van der Waals surface area contributed by atoms with Gasteiger partial charge in [-0.05, 0) is 25.3 Å². The van der Waals surface area contributed by atoms with E-state index >= 15 is 0 Å². The van der Waals surface area contributed by atoms with E-state index < -0.39 is 0 Å². The summed E-state index contributed by atoms with van der Waals surface area (Å²) in [7, 11) is 0. The molecular formula is C16H23NO2. The minimum Gasteiger partial charge on any atom is -0.395 e. The number of aliphatic hydroxyl groups excluding tert-OH is 1. The highest BCUT2D eigenvalue weighted by atomic mass is 16.3. The van der Waals surface area contributed by atoms with Crippen molar-refractivity contribution in [2.24, 2.45) is 5.92 Å². The summed E-state index contributed by atoms with van der Waals surface area (Å²) in [5.74, 6) is 0.637. The van der Waals surface area contributed by atoms with Crippen molar-refractivity contribution in [3.63, 3.8) is 0 Å². The summed E-state index contributed by atoms with van der Waals surface area (Å²) < 4.78 is 0. The molecule has 0 aliphatic carbocycles. The lowest BCUT2D eigenvalue weighted by atomic mass is 9.98. The minimum atomic E-state index is -0.107. The Bertz CT molecular complexity index is 418. The van der Waals surface area contributed by atoms with Crippen LogP contribution in [-0.4, -0.2) is 41.0 Å². The number of likely N-dealkylation sites (tertiary alicyclic amines) is 1. The van der Waals surface area contributed by atoms with E-state index in [1.54, 1.807) is 0 Å². The zero-order valence-electron chi connectivity index (χ0n) is 11.7. The van der Waals surface area contributed by atoms with E-state index in [2.05, 4.69) is 11.8 Å². The number of hydrogen-bond acceptors (Lipinski definition) is 3. The van der Waals surface area contributed by atoms with E-state index in [1.807, 2.05) is 37.3 Å². The van der Waals surface area contributed by atoms with Crippen LogP contribution in [0.2, 0.25) is 0 Å². The third kappa shape index (κ3) is 2.88. The average molecular weight is 261 g/mol. The second-order valence-corrected chi connectivity index (χ2v) is 5.41. The van der Waals surface area contributed by atoms with E-state index in [0.29, 0.717) is 5.92 Å². The maximum atomic E-state index is 12.6. The Hall–Kier alpha value is -1.19. The van der Waals surface area contributed by atoms with E-state index in [9.17, 15) is 9.90 Å². The number of rotatable bonds is 5. The quantitative estimate of drug-likeness (QED) is 0.827. The molecule has 0 amide bonds. The number of carbonyl (C=O) groups is 1. The largest absolute Gasteiger partial charge is 0.395 e. The lowest BCUT2D eigenvalue weighted by Gasteiger charge is -2.32. The Morgan fingerprint density at radius 3 is 2.68 bits per heavy atom. The lowest BCUT2D eigenvalue weighted by molar-refractivity contribution is 0.0679.